The van der Waals surface area contributed by atoms with Crippen molar-refractivity contribution in [2.75, 3.05) is 21.2 Å². The second kappa shape index (κ2) is 9.64. The monoisotopic (exact) mass is 338 g/mol. The molecular formula is C13H18N6OS2. The van der Waals surface area contributed by atoms with Gasteiger partial charge in [-0.15, -0.1) is 0 Å². The Bertz CT molecular complexity index is 570. The summed E-state index contributed by atoms with van der Waals surface area (Å²) in [5.74, 6) is 0.758. The third-order valence-corrected chi connectivity index (χ3v) is 3.06. The molecule has 0 atom stereocenters. The third-order valence-electron chi connectivity index (χ3n) is 2.47. The van der Waals surface area contributed by atoms with E-state index >= 15 is 0 Å². The zero-order valence-corrected chi connectivity index (χ0v) is 14.1. The smallest absolute Gasteiger partial charge is 0.186 e. The van der Waals surface area contributed by atoms with E-state index in [4.69, 9.17) is 29.2 Å². The molecule has 0 aromatic heterocycles. The molecule has 0 aliphatic carbocycles. The number of thiocarbonyl (C=S) groups is 2. The molecule has 7 nitrogen and oxygen atoms in total. The van der Waals surface area contributed by atoms with Crippen LogP contribution in [0.1, 0.15) is 5.56 Å². The number of hydrogen-bond acceptors (Lipinski definition) is 5. The quantitative estimate of drug-likeness (QED) is 0.355. The average Bonchev–Trinajstić information content (AvgIpc) is 2.57. The molecule has 118 valence electrons. The van der Waals surface area contributed by atoms with Crippen LogP contribution < -0.4 is 26.2 Å². The topological polar surface area (TPSA) is 82.1 Å². The molecule has 0 saturated carbocycles. The Kier molecular flexibility index (Phi) is 7.79. The maximum absolute atomic E-state index is 5.13. The Labute approximate surface area is 140 Å². The van der Waals surface area contributed by atoms with E-state index < -0.39 is 0 Å². The van der Waals surface area contributed by atoms with Crippen LogP contribution in [0, 0.1) is 0 Å². The zero-order chi connectivity index (χ0) is 16.4. The van der Waals surface area contributed by atoms with E-state index in [2.05, 4.69) is 31.7 Å². The van der Waals surface area contributed by atoms with E-state index in [9.17, 15) is 0 Å². The van der Waals surface area contributed by atoms with Crippen molar-refractivity contribution < 1.29 is 4.74 Å². The minimum Gasteiger partial charge on any atom is -0.497 e. The fraction of sp³-hybridized carbons (Fsp3) is 0.231. The van der Waals surface area contributed by atoms with Crippen molar-refractivity contribution in [3.8, 4) is 5.75 Å². The molecule has 0 saturated heterocycles. The van der Waals surface area contributed by atoms with Gasteiger partial charge in [0.2, 0.25) is 0 Å². The normalized spacial score (nSPS) is 11.0. The number of hydrazone groups is 2. The highest BCUT2D eigenvalue weighted by Crippen LogP contribution is 2.11. The maximum atomic E-state index is 5.13. The highest BCUT2D eigenvalue weighted by molar-refractivity contribution is 7.80. The largest absolute Gasteiger partial charge is 0.497 e. The average molecular weight is 338 g/mol. The van der Waals surface area contributed by atoms with Gasteiger partial charge in [-0.1, -0.05) is 0 Å². The van der Waals surface area contributed by atoms with Gasteiger partial charge < -0.3 is 15.4 Å². The lowest BCUT2D eigenvalue weighted by Gasteiger charge is -2.06. The molecular weight excluding hydrogens is 320 g/mol. The fourth-order valence-electron chi connectivity index (χ4n) is 1.30. The van der Waals surface area contributed by atoms with Gasteiger partial charge in [0.25, 0.3) is 0 Å². The van der Waals surface area contributed by atoms with Gasteiger partial charge >= 0.3 is 0 Å². The Balaban J connectivity index is 2.93. The van der Waals surface area contributed by atoms with Crippen LogP contribution in [0.25, 0.3) is 0 Å². The molecule has 0 spiro atoms. The van der Waals surface area contributed by atoms with Gasteiger partial charge in [0, 0.05) is 19.7 Å². The number of hydrogen-bond donors (Lipinski definition) is 4. The molecule has 4 N–H and O–H groups in total. The number of rotatable bonds is 5. The molecule has 0 aliphatic rings. The first-order valence-corrected chi connectivity index (χ1v) is 7.13. The molecule has 0 radical (unpaired) electrons. The lowest BCUT2D eigenvalue weighted by Crippen LogP contribution is -2.30. The fourth-order valence-corrected chi connectivity index (χ4v) is 1.40. The molecule has 9 heteroatoms. The Morgan fingerprint density at radius 2 is 1.64 bits per heavy atom. The van der Waals surface area contributed by atoms with Crippen LogP contribution >= 0.6 is 24.4 Å². The van der Waals surface area contributed by atoms with Crippen molar-refractivity contribution in [3.05, 3.63) is 29.8 Å². The van der Waals surface area contributed by atoms with Crippen molar-refractivity contribution >= 4 is 46.6 Å². The Morgan fingerprint density at radius 3 is 2.18 bits per heavy atom. The molecule has 22 heavy (non-hydrogen) atoms. The minimum absolute atomic E-state index is 0.401. The number of ether oxygens (including phenoxy) is 1. The molecule has 0 unspecified atom stereocenters. The van der Waals surface area contributed by atoms with Gasteiger partial charge in [-0.05, 0) is 48.7 Å². The van der Waals surface area contributed by atoms with Crippen LogP contribution in [0.5, 0.6) is 5.75 Å². The SMILES string of the molecule is CNC(=S)N/N=C(\C=N\NC(=S)NC)c1ccc(OC)cc1. The first kappa shape index (κ1) is 17.8. The first-order valence-electron chi connectivity index (χ1n) is 6.31. The summed E-state index contributed by atoms with van der Waals surface area (Å²) in [6.45, 7) is 0. The number of methoxy groups -OCH3 is 1. The van der Waals surface area contributed by atoms with Gasteiger partial charge in [-0.25, -0.2) is 0 Å². The lowest BCUT2D eigenvalue weighted by atomic mass is 10.1. The van der Waals surface area contributed by atoms with Crippen LogP contribution in [0.15, 0.2) is 34.5 Å². The van der Waals surface area contributed by atoms with Crippen LogP contribution in [-0.2, 0) is 0 Å². The molecule has 0 fully saturated rings. The van der Waals surface area contributed by atoms with Gasteiger partial charge in [0.15, 0.2) is 10.2 Å². The molecule has 1 aromatic rings. The molecule has 1 rings (SSSR count). The summed E-state index contributed by atoms with van der Waals surface area (Å²) in [7, 11) is 5.02. The highest BCUT2D eigenvalue weighted by Gasteiger charge is 2.02. The lowest BCUT2D eigenvalue weighted by molar-refractivity contribution is 0.415. The first-order chi connectivity index (χ1) is 10.6. The Hall–Kier alpha value is -2.26. The highest BCUT2D eigenvalue weighted by atomic mass is 32.1. The maximum Gasteiger partial charge on any atom is 0.186 e. The summed E-state index contributed by atoms with van der Waals surface area (Å²) >= 11 is 9.94. The van der Waals surface area contributed by atoms with E-state index in [-0.39, 0.29) is 0 Å². The van der Waals surface area contributed by atoms with Crippen LogP contribution in [-0.4, -0.2) is 43.4 Å². The van der Waals surface area contributed by atoms with E-state index in [1.165, 1.54) is 6.21 Å². The zero-order valence-electron chi connectivity index (χ0n) is 12.5. The molecule has 1 aromatic carbocycles. The van der Waals surface area contributed by atoms with Crippen molar-refractivity contribution in [1.29, 1.82) is 0 Å². The summed E-state index contributed by atoms with van der Waals surface area (Å²) < 4.78 is 5.13. The molecule has 0 bridgehead atoms. The van der Waals surface area contributed by atoms with Crippen LogP contribution in [0.3, 0.4) is 0 Å². The van der Waals surface area contributed by atoms with Gasteiger partial charge in [-0.3, -0.25) is 10.9 Å². The van der Waals surface area contributed by atoms with E-state index in [0.717, 1.165) is 11.3 Å². The summed E-state index contributed by atoms with van der Waals surface area (Å²) in [5.41, 5.74) is 6.80. The molecule has 0 aliphatic heterocycles. The summed E-state index contributed by atoms with van der Waals surface area (Å²) in [5, 5.41) is 14.6. The second-order valence-electron chi connectivity index (χ2n) is 3.87. The van der Waals surface area contributed by atoms with Crippen molar-refractivity contribution in [1.82, 2.24) is 21.5 Å². The Morgan fingerprint density at radius 1 is 1.05 bits per heavy atom. The van der Waals surface area contributed by atoms with E-state index in [1.807, 2.05) is 24.3 Å². The molecule has 0 amide bonds. The number of nitrogens with zero attached hydrogens (tertiary/aromatic N) is 2. The predicted octanol–water partition coefficient (Wildman–Crippen LogP) is 0.573. The van der Waals surface area contributed by atoms with Gasteiger partial charge in [0.1, 0.15) is 11.5 Å². The van der Waals surface area contributed by atoms with Gasteiger partial charge in [-0.2, -0.15) is 10.2 Å². The molecule has 0 heterocycles. The second-order valence-corrected chi connectivity index (χ2v) is 4.68. The summed E-state index contributed by atoms with van der Waals surface area (Å²) in [6, 6.07) is 7.40. The van der Waals surface area contributed by atoms with Crippen molar-refractivity contribution in [2.45, 2.75) is 0 Å². The number of nitrogens with one attached hydrogen (secondary N) is 4. The van der Waals surface area contributed by atoms with E-state index in [0.29, 0.717) is 15.9 Å². The van der Waals surface area contributed by atoms with E-state index in [1.54, 1.807) is 21.2 Å². The van der Waals surface area contributed by atoms with Crippen molar-refractivity contribution in [3.63, 3.8) is 0 Å². The minimum atomic E-state index is 0.401. The van der Waals surface area contributed by atoms with Crippen LogP contribution in [0.4, 0.5) is 0 Å². The third kappa shape index (κ3) is 6.02. The standard InChI is InChI=1S/C13H18N6OS2/c1-14-12(21)18-16-8-11(17-19-13(22)15-2)9-4-6-10(20-3)7-5-9/h4-8H,1-3H3,(H2,14,18,21)(H2,15,19,22)/b16-8+,17-11+. The van der Waals surface area contributed by atoms with Gasteiger partial charge in [0.05, 0.1) is 13.3 Å². The predicted molar refractivity (Wildman–Crippen MR) is 97.6 cm³/mol. The number of benzene rings is 1. The summed E-state index contributed by atoms with van der Waals surface area (Å²) in [6.07, 6.45) is 1.54. The van der Waals surface area contributed by atoms with Crippen LogP contribution in [0.2, 0.25) is 0 Å². The van der Waals surface area contributed by atoms with Crippen molar-refractivity contribution in [2.24, 2.45) is 10.2 Å². The summed E-state index contributed by atoms with van der Waals surface area (Å²) in [4.78, 5) is 0.